The lowest BCUT2D eigenvalue weighted by Crippen LogP contribution is -2.07. The van der Waals surface area contributed by atoms with Gasteiger partial charge in [-0.1, -0.05) is 6.07 Å². The number of hydrogen-bond donors (Lipinski definition) is 1. The summed E-state index contributed by atoms with van der Waals surface area (Å²) >= 11 is 0. The number of benzene rings is 1. The van der Waals surface area contributed by atoms with E-state index in [1.165, 1.54) is 29.7 Å². The highest BCUT2D eigenvalue weighted by atomic mass is 15.1. The summed E-state index contributed by atoms with van der Waals surface area (Å²) < 4.78 is 0. The van der Waals surface area contributed by atoms with E-state index in [0.717, 1.165) is 19.1 Å². The van der Waals surface area contributed by atoms with Gasteiger partial charge in [-0.15, -0.1) is 0 Å². The van der Waals surface area contributed by atoms with Crippen molar-refractivity contribution in [2.45, 2.75) is 32.0 Å². The van der Waals surface area contributed by atoms with Crippen molar-refractivity contribution in [1.29, 1.82) is 0 Å². The van der Waals surface area contributed by atoms with Crippen LogP contribution < -0.4 is 5.32 Å². The van der Waals surface area contributed by atoms with Crippen LogP contribution in [0.15, 0.2) is 18.2 Å². The van der Waals surface area contributed by atoms with Crippen molar-refractivity contribution in [2.75, 3.05) is 12.4 Å². The highest BCUT2D eigenvalue weighted by molar-refractivity contribution is 5.51. The van der Waals surface area contributed by atoms with Crippen molar-refractivity contribution in [3.05, 3.63) is 29.3 Å². The Hall–Kier alpha value is -1.02. The van der Waals surface area contributed by atoms with Gasteiger partial charge < -0.3 is 5.32 Å². The third-order valence-corrected chi connectivity index (χ3v) is 3.03. The molecule has 14 heavy (non-hydrogen) atoms. The third-order valence-electron chi connectivity index (χ3n) is 3.03. The van der Waals surface area contributed by atoms with Crippen LogP contribution in [0.1, 0.15) is 24.0 Å². The molecule has 1 aliphatic heterocycles. The molecule has 2 heteroatoms. The topological polar surface area (TPSA) is 15.3 Å². The average molecular weight is 188 g/mol. The largest absolute Gasteiger partial charge is 0.382 e. The second-order valence-electron chi connectivity index (χ2n) is 4.57. The van der Waals surface area contributed by atoms with Gasteiger partial charge in [-0.25, -0.2) is 0 Å². The smallest absolute Gasteiger partial charge is 0.0345 e. The summed E-state index contributed by atoms with van der Waals surface area (Å²) in [6, 6.07) is 7.56. The zero-order valence-corrected chi connectivity index (χ0v) is 8.59. The fraction of sp³-hybridized carbons (Fsp3) is 0.500. The van der Waals surface area contributed by atoms with E-state index in [9.17, 15) is 0 Å². The van der Waals surface area contributed by atoms with Crippen molar-refractivity contribution in [3.63, 3.8) is 0 Å². The monoisotopic (exact) mass is 188 g/mol. The molecule has 1 aromatic rings. The quantitative estimate of drug-likeness (QED) is 0.765. The first-order valence-electron chi connectivity index (χ1n) is 5.38. The molecule has 0 unspecified atom stereocenters. The maximum Gasteiger partial charge on any atom is 0.0345 e. The fourth-order valence-corrected chi connectivity index (χ4v) is 2.12. The number of nitrogens with zero attached hydrogens (tertiary/aromatic N) is 1. The molecule has 0 atom stereocenters. The lowest BCUT2D eigenvalue weighted by Gasteiger charge is -2.06. The highest BCUT2D eigenvalue weighted by Gasteiger charge is 2.22. The standard InChI is InChI=1S/C12H16N2/c1-14-7-9-2-3-12(6-10(9)8-14)13-11-4-5-11/h2-3,6,11,13H,4-5,7-8H2,1H3. The molecule has 0 spiro atoms. The average Bonchev–Trinajstić information content (AvgIpc) is 2.86. The molecule has 0 radical (unpaired) electrons. The van der Waals surface area contributed by atoms with Gasteiger partial charge >= 0.3 is 0 Å². The van der Waals surface area contributed by atoms with Crippen LogP contribution in [0.2, 0.25) is 0 Å². The van der Waals surface area contributed by atoms with Gasteiger partial charge in [0.1, 0.15) is 0 Å². The maximum atomic E-state index is 3.54. The van der Waals surface area contributed by atoms with Gasteiger partial charge in [-0.3, -0.25) is 4.90 Å². The number of nitrogens with one attached hydrogen (secondary N) is 1. The molecule has 1 saturated carbocycles. The number of anilines is 1. The van der Waals surface area contributed by atoms with E-state index >= 15 is 0 Å². The first kappa shape index (κ1) is 8.30. The van der Waals surface area contributed by atoms with Crippen LogP contribution in [0, 0.1) is 0 Å². The van der Waals surface area contributed by atoms with E-state index < -0.39 is 0 Å². The summed E-state index contributed by atoms with van der Waals surface area (Å²) in [5, 5.41) is 3.54. The molecule has 0 aromatic heterocycles. The molecule has 1 aliphatic carbocycles. The van der Waals surface area contributed by atoms with E-state index in [2.05, 4.69) is 35.5 Å². The molecule has 2 nitrogen and oxygen atoms in total. The third kappa shape index (κ3) is 1.50. The Kier molecular flexibility index (Phi) is 1.77. The predicted octanol–water partition coefficient (Wildman–Crippen LogP) is 2.21. The number of hydrogen-bond acceptors (Lipinski definition) is 2. The predicted molar refractivity (Wildman–Crippen MR) is 58.3 cm³/mol. The Labute approximate surface area is 84.9 Å². The summed E-state index contributed by atoms with van der Waals surface area (Å²) in [4.78, 5) is 2.35. The van der Waals surface area contributed by atoms with Gasteiger partial charge in [0.15, 0.2) is 0 Å². The summed E-state index contributed by atoms with van der Waals surface area (Å²) in [5.41, 5.74) is 4.30. The molecule has 0 saturated heterocycles. The number of fused-ring (bicyclic) bond motifs is 1. The molecule has 0 amide bonds. The Bertz CT molecular complexity index is 355. The Morgan fingerprint density at radius 3 is 2.79 bits per heavy atom. The van der Waals surface area contributed by atoms with Crippen LogP contribution in [0.3, 0.4) is 0 Å². The van der Waals surface area contributed by atoms with E-state index in [-0.39, 0.29) is 0 Å². The lowest BCUT2D eigenvalue weighted by atomic mass is 10.1. The van der Waals surface area contributed by atoms with Gasteiger partial charge in [-0.05, 0) is 43.1 Å². The van der Waals surface area contributed by atoms with Gasteiger partial charge in [0.2, 0.25) is 0 Å². The minimum absolute atomic E-state index is 0.757. The first-order valence-corrected chi connectivity index (χ1v) is 5.38. The fourth-order valence-electron chi connectivity index (χ4n) is 2.12. The van der Waals surface area contributed by atoms with Gasteiger partial charge in [0, 0.05) is 24.8 Å². The Morgan fingerprint density at radius 1 is 1.21 bits per heavy atom. The summed E-state index contributed by atoms with van der Waals surface area (Å²) in [6.45, 7) is 2.22. The van der Waals surface area contributed by atoms with E-state index in [4.69, 9.17) is 0 Å². The molecule has 74 valence electrons. The van der Waals surface area contributed by atoms with Crippen molar-refractivity contribution < 1.29 is 0 Å². The van der Waals surface area contributed by atoms with Gasteiger partial charge in [-0.2, -0.15) is 0 Å². The van der Waals surface area contributed by atoms with Crippen LogP contribution in [0.5, 0.6) is 0 Å². The van der Waals surface area contributed by atoms with Gasteiger partial charge in [0.25, 0.3) is 0 Å². The molecule has 0 bridgehead atoms. The van der Waals surface area contributed by atoms with Crippen LogP contribution in [0.4, 0.5) is 5.69 Å². The van der Waals surface area contributed by atoms with Crippen LogP contribution in [-0.2, 0) is 13.1 Å². The van der Waals surface area contributed by atoms with E-state index in [1.54, 1.807) is 0 Å². The highest BCUT2D eigenvalue weighted by Crippen LogP contribution is 2.28. The summed E-state index contributed by atoms with van der Waals surface area (Å²) in [6.07, 6.45) is 2.69. The molecule has 1 N–H and O–H groups in total. The molecule has 3 rings (SSSR count). The SMILES string of the molecule is CN1Cc2ccc(NC3CC3)cc2C1. The Balaban J connectivity index is 1.84. The molecule has 1 aromatic carbocycles. The molecule has 1 fully saturated rings. The molecular weight excluding hydrogens is 172 g/mol. The minimum Gasteiger partial charge on any atom is -0.382 e. The molecular formula is C12H16N2. The van der Waals surface area contributed by atoms with Crippen LogP contribution in [0.25, 0.3) is 0 Å². The lowest BCUT2D eigenvalue weighted by molar-refractivity contribution is 0.353. The molecule has 1 heterocycles. The zero-order chi connectivity index (χ0) is 9.54. The van der Waals surface area contributed by atoms with Gasteiger partial charge in [0.05, 0.1) is 0 Å². The number of rotatable bonds is 2. The van der Waals surface area contributed by atoms with E-state index in [1.807, 2.05) is 0 Å². The van der Waals surface area contributed by atoms with Crippen molar-refractivity contribution in [1.82, 2.24) is 4.90 Å². The van der Waals surface area contributed by atoms with E-state index in [0.29, 0.717) is 0 Å². The molecule has 2 aliphatic rings. The maximum absolute atomic E-state index is 3.54. The second-order valence-corrected chi connectivity index (χ2v) is 4.57. The zero-order valence-electron chi connectivity index (χ0n) is 8.59. The minimum atomic E-state index is 0.757. The Morgan fingerprint density at radius 2 is 2.00 bits per heavy atom. The van der Waals surface area contributed by atoms with Crippen LogP contribution >= 0.6 is 0 Å². The summed E-state index contributed by atoms with van der Waals surface area (Å²) in [5.74, 6) is 0. The normalized spacial score (nSPS) is 20.9. The van der Waals surface area contributed by atoms with Crippen molar-refractivity contribution in [2.24, 2.45) is 0 Å². The summed E-state index contributed by atoms with van der Waals surface area (Å²) in [7, 11) is 2.17. The second kappa shape index (κ2) is 2.99. The van der Waals surface area contributed by atoms with Crippen LogP contribution in [-0.4, -0.2) is 18.0 Å². The first-order chi connectivity index (χ1) is 6.81. The van der Waals surface area contributed by atoms with Crippen molar-refractivity contribution >= 4 is 5.69 Å². The van der Waals surface area contributed by atoms with Crippen molar-refractivity contribution in [3.8, 4) is 0 Å².